The molecule has 18 heavy (non-hydrogen) atoms. The molecular weight excluding hydrogens is 306 g/mol. The van der Waals surface area contributed by atoms with Crippen LogP contribution in [0.15, 0.2) is 21.4 Å². The van der Waals surface area contributed by atoms with Gasteiger partial charge in [-0.05, 0) is 34.8 Å². The molecule has 1 rings (SSSR count). The summed E-state index contributed by atoms with van der Waals surface area (Å²) in [6, 6.07) is 0.530. The number of methoxy groups -OCH3 is 1. The molecule has 1 aromatic rings. The second kappa shape index (κ2) is 7.17. The molecule has 1 atom stereocenters. The second-order valence-electron chi connectivity index (χ2n) is 3.61. The number of carboxylic acid groups (broad SMARTS) is 1. The van der Waals surface area contributed by atoms with Gasteiger partial charge in [-0.2, -0.15) is 0 Å². The molecule has 0 spiro atoms. The number of rotatable bonds is 7. The summed E-state index contributed by atoms with van der Waals surface area (Å²) in [6.07, 6.45) is 2.21. The minimum absolute atomic E-state index is 0.271. The van der Waals surface area contributed by atoms with E-state index in [0.29, 0.717) is 19.4 Å². The zero-order valence-corrected chi connectivity index (χ0v) is 11.4. The molecule has 1 unspecified atom stereocenters. The molecule has 1 amide bonds. The third-order valence-corrected chi connectivity index (χ3v) is 2.92. The number of ether oxygens (including phenoxy) is 1. The van der Waals surface area contributed by atoms with Crippen molar-refractivity contribution in [1.82, 2.24) is 5.32 Å². The molecule has 1 heterocycles. The molecule has 0 saturated heterocycles. The van der Waals surface area contributed by atoms with Crippen LogP contribution in [0.1, 0.15) is 23.2 Å². The lowest BCUT2D eigenvalue weighted by Crippen LogP contribution is -2.40. The summed E-state index contributed by atoms with van der Waals surface area (Å²) >= 11 is 3.06. The Morgan fingerprint density at radius 2 is 2.33 bits per heavy atom. The van der Waals surface area contributed by atoms with Crippen molar-refractivity contribution in [3.05, 3.63) is 22.6 Å². The number of carboxylic acids is 1. The Labute approximate surface area is 112 Å². The fourth-order valence-corrected chi connectivity index (χ4v) is 1.80. The van der Waals surface area contributed by atoms with Crippen LogP contribution in [-0.2, 0) is 9.53 Å². The van der Waals surface area contributed by atoms with Crippen LogP contribution in [0, 0.1) is 0 Å². The first-order chi connectivity index (χ1) is 8.56. The molecule has 0 radical (unpaired) electrons. The van der Waals surface area contributed by atoms with E-state index >= 15 is 0 Å². The Kier molecular flexibility index (Phi) is 5.87. The summed E-state index contributed by atoms with van der Waals surface area (Å²) in [7, 11) is 1.54. The lowest BCUT2D eigenvalue weighted by atomic mass is 10.1. The third kappa shape index (κ3) is 4.15. The molecule has 0 fully saturated rings. The number of hydrogen-bond donors (Lipinski definition) is 2. The van der Waals surface area contributed by atoms with Crippen molar-refractivity contribution in [2.75, 3.05) is 13.7 Å². The standard InChI is InChI=1S/C11H14BrNO5/c1-17-5-2-3-8(11(15)16)13-10(14)7-4-6-18-9(7)12/h4,6,8H,2-3,5H2,1H3,(H,13,14)(H,15,16). The molecule has 6 nitrogen and oxygen atoms in total. The normalized spacial score (nSPS) is 12.1. The van der Waals surface area contributed by atoms with Crippen molar-refractivity contribution in [1.29, 1.82) is 0 Å². The van der Waals surface area contributed by atoms with Gasteiger partial charge in [0.2, 0.25) is 0 Å². The Bertz CT molecular complexity index is 417. The highest BCUT2D eigenvalue weighted by Gasteiger charge is 2.22. The van der Waals surface area contributed by atoms with Gasteiger partial charge in [-0.15, -0.1) is 0 Å². The Balaban J connectivity index is 2.58. The van der Waals surface area contributed by atoms with Crippen molar-refractivity contribution in [3.8, 4) is 0 Å². The van der Waals surface area contributed by atoms with Gasteiger partial charge >= 0.3 is 5.97 Å². The van der Waals surface area contributed by atoms with Crippen molar-refractivity contribution >= 4 is 27.8 Å². The summed E-state index contributed by atoms with van der Waals surface area (Å²) in [5, 5.41) is 11.4. The van der Waals surface area contributed by atoms with Crippen molar-refractivity contribution in [3.63, 3.8) is 0 Å². The Morgan fingerprint density at radius 1 is 1.61 bits per heavy atom. The molecule has 0 bridgehead atoms. The van der Waals surface area contributed by atoms with Gasteiger partial charge in [0.1, 0.15) is 6.04 Å². The maximum atomic E-state index is 11.8. The van der Waals surface area contributed by atoms with Gasteiger partial charge in [-0.1, -0.05) is 0 Å². The number of aliphatic carboxylic acids is 1. The van der Waals surface area contributed by atoms with E-state index in [0.717, 1.165) is 0 Å². The molecular formula is C11H14BrNO5. The lowest BCUT2D eigenvalue weighted by Gasteiger charge is -2.13. The number of furan rings is 1. The Hall–Kier alpha value is -1.34. The van der Waals surface area contributed by atoms with Gasteiger partial charge in [0.25, 0.3) is 5.91 Å². The summed E-state index contributed by atoms with van der Waals surface area (Å²) in [5.74, 6) is -1.56. The molecule has 0 saturated carbocycles. The van der Waals surface area contributed by atoms with E-state index in [-0.39, 0.29) is 10.2 Å². The second-order valence-corrected chi connectivity index (χ2v) is 4.33. The van der Waals surface area contributed by atoms with Gasteiger partial charge < -0.3 is 19.6 Å². The quantitative estimate of drug-likeness (QED) is 0.746. The molecule has 100 valence electrons. The van der Waals surface area contributed by atoms with Gasteiger partial charge in [-0.25, -0.2) is 4.79 Å². The van der Waals surface area contributed by atoms with Crippen LogP contribution in [0.3, 0.4) is 0 Å². The molecule has 0 aliphatic heterocycles. The minimum Gasteiger partial charge on any atom is -0.480 e. The average Bonchev–Trinajstić information content (AvgIpc) is 2.74. The number of nitrogens with one attached hydrogen (secondary N) is 1. The van der Waals surface area contributed by atoms with Crippen LogP contribution in [0.4, 0.5) is 0 Å². The number of hydrogen-bond acceptors (Lipinski definition) is 4. The van der Waals surface area contributed by atoms with Crippen LogP contribution in [0.25, 0.3) is 0 Å². The fourth-order valence-electron chi connectivity index (χ4n) is 1.38. The zero-order chi connectivity index (χ0) is 13.5. The first-order valence-corrected chi connectivity index (χ1v) is 6.11. The average molecular weight is 320 g/mol. The van der Waals surface area contributed by atoms with Crippen LogP contribution >= 0.6 is 15.9 Å². The summed E-state index contributed by atoms with van der Waals surface area (Å²) in [5.41, 5.74) is 0.271. The topological polar surface area (TPSA) is 88.8 Å². The first kappa shape index (κ1) is 14.7. The Morgan fingerprint density at radius 3 is 2.83 bits per heavy atom. The number of halogens is 1. The van der Waals surface area contributed by atoms with E-state index in [1.807, 2.05) is 0 Å². The number of amides is 1. The molecule has 7 heteroatoms. The molecule has 1 aromatic heterocycles. The number of carbonyl (C=O) groups is 2. The summed E-state index contributed by atoms with van der Waals surface area (Å²) in [6.45, 7) is 0.453. The van der Waals surface area contributed by atoms with E-state index in [1.165, 1.54) is 19.4 Å². The van der Waals surface area contributed by atoms with Crippen molar-refractivity contribution in [2.24, 2.45) is 0 Å². The highest BCUT2D eigenvalue weighted by molar-refractivity contribution is 9.10. The molecule has 2 N–H and O–H groups in total. The van der Waals surface area contributed by atoms with E-state index < -0.39 is 17.9 Å². The van der Waals surface area contributed by atoms with Crippen LogP contribution < -0.4 is 5.32 Å². The van der Waals surface area contributed by atoms with Gasteiger partial charge in [0.05, 0.1) is 11.8 Å². The maximum absolute atomic E-state index is 11.8. The summed E-state index contributed by atoms with van der Waals surface area (Å²) < 4.78 is 10.0. The smallest absolute Gasteiger partial charge is 0.326 e. The fraction of sp³-hybridized carbons (Fsp3) is 0.455. The van der Waals surface area contributed by atoms with Crippen LogP contribution in [0.2, 0.25) is 0 Å². The van der Waals surface area contributed by atoms with Gasteiger partial charge in [0.15, 0.2) is 4.67 Å². The largest absolute Gasteiger partial charge is 0.480 e. The van der Waals surface area contributed by atoms with Crippen molar-refractivity contribution in [2.45, 2.75) is 18.9 Å². The molecule has 0 aromatic carbocycles. The molecule has 0 aliphatic carbocycles. The zero-order valence-electron chi connectivity index (χ0n) is 9.81. The third-order valence-electron chi connectivity index (χ3n) is 2.31. The summed E-state index contributed by atoms with van der Waals surface area (Å²) in [4.78, 5) is 22.8. The van der Waals surface area contributed by atoms with E-state index in [1.54, 1.807) is 0 Å². The van der Waals surface area contributed by atoms with E-state index in [9.17, 15) is 9.59 Å². The van der Waals surface area contributed by atoms with Crippen molar-refractivity contribution < 1.29 is 23.8 Å². The van der Waals surface area contributed by atoms with Crippen LogP contribution in [0.5, 0.6) is 0 Å². The monoisotopic (exact) mass is 319 g/mol. The van der Waals surface area contributed by atoms with E-state index in [2.05, 4.69) is 21.2 Å². The highest BCUT2D eigenvalue weighted by atomic mass is 79.9. The lowest BCUT2D eigenvalue weighted by molar-refractivity contribution is -0.139. The predicted molar refractivity (Wildman–Crippen MR) is 66.4 cm³/mol. The highest BCUT2D eigenvalue weighted by Crippen LogP contribution is 2.17. The van der Waals surface area contributed by atoms with Gasteiger partial charge in [-0.3, -0.25) is 4.79 Å². The maximum Gasteiger partial charge on any atom is 0.326 e. The SMILES string of the molecule is COCCCC(NC(=O)c1ccoc1Br)C(=O)O. The van der Waals surface area contributed by atoms with E-state index in [4.69, 9.17) is 14.3 Å². The molecule has 0 aliphatic rings. The minimum atomic E-state index is -1.07. The van der Waals surface area contributed by atoms with Crippen LogP contribution in [-0.4, -0.2) is 36.7 Å². The van der Waals surface area contributed by atoms with Gasteiger partial charge in [0, 0.05) is 13.7 Å². The predicted octanol–water partition coefficient (Wildman–Crippen LogP) is 1.65. The number of carbonyl (C=O) groups excluding carboxylic acids is 1. The first-order valence-electron chi connectivity index (χ1n) is 5.32.